The van der Waals surface area contributed by atoms with Crippen molar-refractivity contribution >= 4 is 0 Å². The molecule has 0 bridgehead atoms. The largest absolute Gasteiger partial charge is 0.471 e. The molecule has 0 aromatic carbocycles. The quantitative estimate of drug-likeness (QED) is 0.592. The first kappa shape index (κ1) is 6.93. The lowest BCUT2D eigenvalue weighted by Gasteiger charge is -1.93. The molecule has 1 heterocycles. The Kier molecular flexibility index (Phi) is 2.15. The summed E-state index contributed by atoms with van der Waals surface area (Å²) in [4.78, 5) is 0. The number of hydrogen-bond acceptors (Lipinski definition) is 2. The molecule has 1 rings (SSSR count). The number of nitrogens with one attached hydrogen (secondary N) is 1. The third-order valence-electron chi connectivity index (χ3n) is 1.31. The second-order valence-corrected chi connectivity index (χ2v) is 1.93. The molecule has 0 aromatic heterocycles. The average molecular weight is 137 g/mol. The minimum absolute atomic E-state index is 0.569. The van der Waals surface area contributed by atoms with Gasteiger partial charge in [0.15, 0.2) is 6.73 Å². The molecular weight excluding hydrogens is 126 g/mol. The van der Waals surface area contributed by atoms with Gasteiger partial charge in [0.25, 0.3) is 0 Å². The number of allylic oxidation sites excluding steroid dienone is 3. The summed E-state index contributed by atoms with van der Waals surface area (Å²) in [5.74, 6) is 0.873. The highest BCUT2D eigenvalue weighted by Gasteiger charge is 2.10. The van der Waals surface area contributed by atoms with E-state index in [2.05, 4.69) is 11.9 Å². The van der Waals surface area contributed by atoms with Gasteiger partial charge in [-0.3, -0.25) is 0 Å². The molecule has 54 valence electrons. The molecule has 0 unspecified atom stereocenters. The summed E-state index contributed by atoms with van der Waals surface area (Å²) in [6, 6.07) is 0. The van der Waals surface area contributed by atoms with Crippen molar-refractivity contribution in [2.75, 3.05) is 6.73 Å². The zero-order valence-electron chi connectivity index (χ0n) is 6.05. The molecule has 0 saturated carbocycles. The van der Waals surface area contributed by atoms with Gasteiger partial charge < -0.3 is 10.1 Å². The monoisotopic (exact) mass is 137 g/mol. The summed E-state index contributed by atoms with van der Waals surface area (Å²) in [5, 5.41) is 3.06. The Balaban J connectivity index is 2.77. The van der Waals surface area contributed by atoms with E-state index in [0.717, 1.165) is 11.5 Å². The summed E-state index contributed by atoms with van der Waals surface area (Å²) in [7, 11) is 0. The van der Waals surface area contributed by atoms with Crippen molar-refractivity contribution in [1.82, 2.24) is 5.32 Å². The number of ether oxygens (including phenoxy) is 1. The summed E-state index contributed by atoms with van der Waals surface area (Å²) >= 11 is 0. The van der Waals surface area contributed by atoms with E-state index in [4.69, 9.17) is 4.74 Å². The SMILES string of the molecule is C=C/C=C1/OCN/C1=C/C. The molecule has 1 aliphatic heterocycles. The van der Waals surface area contributed by atoms with E-state index in [1.165, 1.54) is 0 Å². The summed E-state index contributed by atoms with van der Waals surface area (Å²) < 4.78 is 5.21. The van der Waals surface area contributed by atoms with Crippen molar-refractivity contribution in [2.45, 2.75) is 6.92 Å². The molecule has 0 atom stereocenters. The maximum Gasteiger partial charge on any atom is 0.159 e. The second-order valence-electron chi connectivity index (χ2n) is 1.93. The van der Waals surface area contributed by atoms with Crippen LogP contribution in [-0.4, -0.2) is 6.73 Å². The molecule has 0 aliphatic carbocycles. The topological polar surface area (TPSA) is 21.3 Å². The Hall–Kier alpha value is -1.18. The Bertz CT molecular complexity index is 191. The fourth-order valence-corrected chi connectivity index (χ4v) is 0.846. The van der Waals surface area contributed by atoms with Gasteiger partial charge in [0.2, 0.25) is 0 Å². The predicted molar refractivity (Wildman–Crippen MR) is 41.1 cm³/mol. The van der Waals surface area contributed by atoms with E-state index in [1.54, 1.807) is 6.08 Å². The van der Waals surface area contributed by atoms with Gasteiger partial charge in [-0.05, 0) is 13.0 Å². The zero-order chi connectivity index (χ0) is 7.40. The number of rotatable bonds is 1. The Morgan fingerprint density at radius 1 is 1.70 bits per heavy atom. The molecule has 0 radical (unpaired) electrons. The van der Waals surface area contributed by atoms with Crippen LogP contribution in [0.5, 0.6) is 0 Å². The first-order valence-electron chi connectivity index (χ1n) is 3.24. The molecule has 1 fully saturated rings. The molecule has 2 nitrogen and oxygen atoms in total. The molecule has 0 aromatic rings. The van der Waals surface area contributed by atoms with E-state index < -0.39 is 0 Å². The molecule has 1 aliphatic rings. The normalized spacial score (nSPS) is 24.5. The molecule has 1 N–H and O–H groups in total. The predicted octanol–water partition coefficient (Wildman–Crippen LogP) is 1.54. The summed E-state index contributed by atoms with van der Waals surface area (Å²) in [6.07, 6.45) is 5.53. The van der Waals surface area contributed by atoms with Crippen molar-refractivity contribution < 1.29 is 4.74 Å². The van der Waals surface area contributed by atoms with Crippen LogP contribution in [0.4, 0.5) is 0 Å². The van der Waals surface area contributed by atoms with Gasteiger partial charge in [0.1, 0.15) is 5.76 Å². The van der Waals surface area contributed by atoms with E-state index in [-0.39, 0.29) is 0 Å². The Morgan fingerprint density at radius 3 is 3.10 bits per heavy atom. The summed E-state index contributed by atoms with van der Waals surface area (Å²) in [6.45, 7) is 6.12. The molecule has 0 spiro atoms. The maximum atomic E-state index is 5.21. The second kappa shape index (κ2) is 3.11. The van der Waals surface area contributed by atoms with Gasteiger partial charge in [-0.15, -0.1) is 0 Å². The minimum Gasteiger partial charge on any atom is -0.471 e. The highest BCUT2D eigenvalue weighted by atomic mass is 16.5. The van der Waals surface area contributed by atoms with E-state index in [1.807, 2.05) is 19.1 Å². The Labute approximate surface area is 60.9 Å². The smallest absolute Gasteiger partial charge is 0.159 e. The van der Waals surface area contributed by atoms with Crippen LogP contribution in [0.25, 0.3) is 0 Å². The van der Waals surface area contributed by atoms with E-state index in [0.29, 0.717) is 6.73 Å². The highest BCUT2D eigenvalue weighted by Crippen LogP contribution is 2.13. The standard InChI is InChI=1S/C8H11NO/c1-3-5-8-7(4-2)9-6-10-8/h3-5,9H,1,6H2,2H3/b7-4+,8-5+. The van der Waals surface area contributed by atoms with Gasteiger partial charge in [0, 0.05) is 0 Å². The fourth-order valence-electron chi connectivity index (χ4n) is 0.846. The van der Waals surface area contributed by atoms with Crippen molar-refractivity contribution in [1.29, 1.82) is 0 Å². The van der Waals surface area contributed by atoms with Gasteiger partial charge in [-0.25, -0.2) is 0 Å². The average Bonchev–Trinajstić information content (AvgIpc) is 2.36. The highest BCUT2D eigenvalue weighted by molar-refractivity contribution is 5.28. The van der Waals surface area contributed by atoms with Gasteiger partial charge in [0.05, 0.1) is 5.70 Å². The van der Waals surface area contributed by atoms with Crippen molar-refractivity contribution in [2.24, 2.45) is 0 Å². The van der Waals surface area contributed by atoms with Crippen molar-refractivity contribution in [3.8, 4) is 0 Å². The first-order chi connectivity index (χ1) is 4.88. The van der Waals surface area contributed by atoms with Crippen LogP contribution in [0.15, 0.2) is 36.3 Å². The van der Waals surface area contributed by atoms with Crippen molar-refractivity contribution in [3.05, 3.63) is 36.3 Å². The van der Waals surface area contributed by atoms with Crippen LogP contribution in [0, 0.1) is 0 Å². The van der Waals surface area contributed by atoms with Crippen LogP contribution in [0.3, 0.4) is 0 Å². The molecule has 1 saturated heterocycles. The van der Waals surface area contributed by atoms with E-state index in [9.17, 15) is 0 Å². The molecule has 0 amide bonds. The molecule has 2 heteroatoms. The van der Waals surface area contributed by atoms with E-state index >= 15 is 0 Å². The first-order valence-corrected chi connectivity index (χ1v) is 3.24. The van der Waals surface area contributed by atoms with Gasteiger partial charge >= 0.3 is 0 Å². The van der Waals surface area contributed by atoms with Crippen molar-refractivity contribution in [3.63, 3.8) is 0 Å². The number of hydrogen-bond donors (Lipinski definition) is 1. The van der Waals surface area contributed by atoms with Crippen LogP contribution in [-0.2, 0) is 4.74 Å². The van der Waals surface area contributed by atoms with Crippen LogP contribution < -0.4 is 5.32 Å². The third kappa shape index (κ3) is 1.21. The minimum atomic E-state index is 0.569. The lowest BCUT2D eigenvalue weighted by atomic mass is 10.3. The Morgan fingerprint density at radius 2 is 2.50 bits per heavy atom. The molecule has 10 heavy (non-hydrogen) atoms. The summed E-state index contributed by atoms with van der Waals surface area (Å²) in [5.41, 5.74) is 1.04. The van der Waals surface area contributed by atoms with Crippen LogP contribution >= 0.6 is 0 Å². The van der Waals surface area contributed by atoms with Crippen LogP contribution in [0.1, 0.15) is 6.92 Å². The van der Waals surface area contributed by atoms with Gasteiger partial charge in [-0.1, -0.05) is 18.7 Å². The maximum absolute atomic E-state index is 5.21. The molecular formula is C8H11NO. The third-order valence-corrected chi connectivity index (χ3v) is 1.31. The zero-order valence-corrected chi connectivity index (χ0v) is 6.05. The van der Waals surface area contributed by atoms with Crippen LogP contribution in [0.2, 0.25) is 0 Å². The fraction of sp³-hybridized carbons (Fsp3) is 0.250. The lowest BCUT2D eigenvalue weighted by molar-refractivity contribution is 0.255. The van der Waals surface area contributed by atoms with Gasteiger partial charge in [-0.2, -0.15) is 0 Å². The lowest BCUT2D eigenvalue weighted by Crippen LogP contribution is -2.03.